The minimum absolute atomic E-state index is 0.118. The van der Waals surface area contributed by atoms with Crippen LogP contribution in [-0.2, 0) is 4.79 Å². The fraction of sp³-hybridized carbons (Fsp3) is 0.368. The second kappa shape index (κ2) is 8.31. The zero-order valence-electron chi connectivity index (χ0n) is 14.8. The SMILES string of the molecule is CCCNC(=O)C1CSC(c2ccoc2)N1C(=O)c1ccc(OC)cc1. The number of nitrogens with zero attached hydrogens (tertiary/aromatic N) is 1. The molecule has 7 heteroatoms. The lowest BCUT2D eigenvalue weighted by Crippen LogP contribution is -2.48. The molecule has 1 saturated heterocycles. The summed E-state index contributed by atoms with van der Waals surface area (Å²) < 4.78 is 10.3. The van der Waals surface area contributed by atoms with E-state index in [-0.39, 0.29) is 17.2 Å². The number of nitrogens with one attached hydrogen (secondary N) is 1. The quantitative estimate of drug-likeness (QED) is 0.841. The topological polar surface area (TPSA) is 71.8 Å². The van der Waals surface area contributed by atoms with E-state index in [2.05, 4.69) is 5.32 Å². The molecule has 6 nitrogen and oxygen atoms in total. The largest absolute Gasteiger partial charge is 0.497 e. The normalized spacial score (nSPS) is 19.4. The molecule has 2 amide bonds. The van der Waals surface area contributed by atoms with Crippen molar-refractivity contribution in [3.63, 3.8) is 0 Å². The lowest BCUT2D eigenvalue weighted by Gasteiger charge is -2.28. The van der Waals surface area contributed by atoms with E-state index in [0.29, 0.717) is 23.6 Å². The maximum atomic E-state index is 13.2. The number of amides is 2. The summed E-state index contributed by atoms with van der Waals surface area (Å²) in [5.41, 5.74) is 1.40. The lowest BCUT2D eigenvalue weighted by atomic mass is 10.1. The molecular weight excluding hydrogens is 352 g/mol. The molecule has 2 aromatic rings. The van der Waals surface area contributed by atoms with Gasteiger partial charge in [-0.3, -0.25) is 9.59 Å². The van der Waals surface area contributed by atoms with Crippen LogP contribution in [0.1, 0.15) is 34.6 Å². The van der Waals surface area contributed by atoms with Crippen LogP contribution in [0.15, 0.2) is 47.3 Å². The first-order valence-electron chi connectivity index (χ1n) is 8.53. The molecule has 0 radical (unpaired) electrons. The van der Waals surface area contributed by atoms with Crippen molar-refractivity contribution >= 4 is 23.6 Å². The summed E-state index contributed by atoms with van der Waals surface area (Å²) in [4.78, 5) is 27.5. The van der Waals surface area contributed by atoms with Crippen LogP contribution in [0.4, 0.5) is 0 Å². The van der Waals surface area contributed by atoms with Gasteiger partial charge < -0.3 is 19.4 Å². The molecule has 138 valence electrons. The first-order chi connectivity index (χ1) is 12.7. The molecule has 1 fully saturated rings. The Balaban J connectivity index is 1.89. The number of methoxy groups -OCH3 is 1. The molecular formula is C19H22N2O4S. The van der Waals surface area contributed by atoms with Crippen LogP contribution in [0, 0.1) is 0 Å². The highest BCUT2D eigenvalue weighted by atomic mass is 32.2. The van der Waals surface area contributed by atoms with Gasteiger partial charge >= 0.3 is 0 Å². The maximum Gasteiger partial charge on any atom is 0.255 e. The van der Waals surface area contributed by atoms with Crippen LogP contribution in [0.3, 0.4) is 0 Å². The lowest BCUT2D eigenvalue weighted by molar-refractivity contribution is -0.124. The summed E-state index contributed by atoms with van der Waals surface area (Å²) >= 11 is 1.57. The number of furan rings is 1. The van der Waals surface area contributed by atoms with Crippen LogP contribution < -0.4 is 10.1 Å². The van der Waals surface area contributed by atoms with E-state index >= 15 is 0 Å². The maximum absolute atomic E-state index is 13.2. The Morgan fingerprint density at radius 3 is 2.69 bits per heavy atom. The predicted octanol–water partition coefficient (Wildman–Crippen LogP) is 3.07. The van der Waals surface area contributed by atoms with Gasteiger partial charge in [0.1, 0.15) is 17.2 Å². The molecule has 2 atom stereocenters. The average molecular weight is 374 g/mol. The van der Waals surface area contributed by atoms with E-state index in [1.54, 1.807) is 60.6 Å². The summed E-state index contributed by atoms with van der Waals surface area (Å²) in [6.45, 7) is 2.60. The van der Waals surface area contributed by atoms with Crippen molar-refractivity contribution < 1.29 is 18.7 Å². The number of ether oxygens (including phenoxy) is 1. The first kappa shape index (κ1) is 18.4. The van der Waals surface area contributed by atoms with Gasteiger partial charge in [0, 0.05) is 23.4 Å². The van der Waals surface area contributed by atoms with Gasteiger partial charge in [-0.15, -0.1) is 11.8 Å². The molecule has 0 saturated carbocycles. The van der Waals surface area contributed by atoms with Crippen LogP contribution in [0.2, 0.25) is 0 Å². The van der Waals surface area contributed by atoms with Crippen LogP contribution in [-0.4, -0.2) is 42.2 Å². The fourth-order valence-electron chi connectivity index (χ4n) is 2.88. The van der Waals surface area contributed by atoms with E-state index in [4.69, 9.17) is 9.15 Å². The van der Waals surface area contributed by atoms with Crippen LogP contribution in [0.5, 0.6) is 5.75 Å². The summed E-state index contributed by atoms with van der Waals surface area (Å²) in [6, 6.07) is 8.25. The number of thioether (sulfide) groups is 1. The molecule has 1 aliphatic heterocycles. The molecule has 1 aromatic carbocycles. The third-order valence-electron chi connectivity index (χ3n) is 4.25. The Labute approximate surface area is 156 Å². The zero-order chi connectivity index (χ0) is 18.5. The van der Waals surface area contributed by atoms with Crippen molar-refractivity contribution in [1.82, 2.24) is 10.2 Å². The summed E-state index contributed by atoms with van der Waals surface area (Å²) in [5.74, 6) is 0.932. The smallest absolute Gasteiger partial charge is 0.255 e. The first-order valence-corrected chi connectivity index (χ1v) is 9.58. The minimum atomic E-state index is -0.513. The summed E-state index contributed by atoms with van der Waals surface area (Å²) in [5, 5.41) is 2.66. The van der Waals surface area contributed by atoms with E-state index in [1.807, 2.05) is 13.0 Å². The Morgan fingerprint density at radius 1 is 1.31 bits per heavy atom. The molecule has 1 aromatic heterocycles. The average Bonchev–Trinajstić information content (AvgIpc) is 3.34. The number of hydrogen-bond acceptors (Lipinski definition) is 5. The molecule has 2 unspecified atom stereocenters. The van der Waals surface area contributed by atoms with Crippen molar-refractivity contribution in [2.24, 2.45) is 0 Å². The standard InChI is InChI=1S/C19H22N2O4S/c1-3-9-20-17(22)16-12-26-19(14-8-10-25-11-14)21(16)18(23)13-4-6-15(24-2)7-5-13/h4-8,10-11,16,19H,3,9,12H2,1-2H3,(H,20,22). The fourth-order valence-corrected chi connectivity index (χ4v) is 4.28. The Morgan fingerprint density at radius 2 is 2.08 bits per heavy atom. The third-order valence-corrected chi connectivity index (χ3v) is 5.58. The van der Waals surface area contributed by atoms with Gasteiger partial charge in [-0.25, -0.2) is 0 Å². The summed E-state index contributed by atoms with van der Waals surface area (Å²) in [6.07, 6.45) is 4.05. The van der Waals surface area contributed by atoms with Gasteiger partial charge in [0.2, 0.25) is 5.91 Å². The van der Waals surface area contributed by atoms with Crippen molar-refractivity contribution in [3.05, 3.63) is 54.0 Å². The van der Waals surface area contributed by atoms with Gasteiger partial charge in [0.25, 0.3) is 5.91 Å². The van der Waals surface area contributed by atoms with Gasteiger partial charge in [-0.2, -0.15) is 0 Å². The van der Waals surface area contributed by atoms with Gasteiger partial charge in [0.15, 0.2) is 0 Å². The third kappa shape index (κ3) is 3.72. The van der Waals surface area contributed by atoms with E-state index in [9.17, 15) is 9.59 Å². The molecule has 0 aliphatic carbocycles. The molecule has 0 bridgehead atoms. The Bertz CT molecular complexity index is 745. The highest BCUT2D eigenvalue weighted by molar-refractivity contribution is 7.99. The van der Waals surface area contributed by atoms with Crippen molar-refractivity contribution in [3.8, 4) is 5.75 Å². The minimum Gasteiger partial charge on any atom is -0.497 e. The number of carbonyl (C=O) groups excluding carboxylic acids is 2. The molecule has 1 N–H and O–H groups in total. The van der Waals surface area contributed by atoms with Crippen LogP contribution >= 0.6 is 11.8 Å². The van der Waals surface area contributed by atoms with E-state index < -0.39 is 6.04 Å². The molecule has 0 spiro atoms. The number of rotatable bonds is 6. The number of carbonyl (C=O) groups is 2. The van der Waals surface area contributed by atoms with E-state index in [1.165, 1.54) is 0 Å². The van der Waals surface area contributed by atoms with Crippen LogP contribution in [0.25, 0.3) is 0 Å². The monoisotopic (exact) mass is 374 g/mol. The zero-order valence-corrected chi connectivity index (χ0v) is 15.6. The number of hydrogen-bond donors (Lipinski definition) is 1. The van der Waals surface area contributed by atoms with E-state index in [0.717, 1.165) is 12.0 Å². The Kier molecular flexibility index (Phi) is 5.88. The van der Waals surface area contributed by atoms with Gasteiger partial charge in [0.05, 0.1) is 19.6 Å². The highest BCUT2D eigenvalue weighted by Gasteiger charge is 2.42. The second-order valence-electron chi connectivity index (χ2n) is 5.99. The Hall–Kier alpha value is -2.41. The predicted molar refractivity (Wildman–Crippen MR) is 100 cm³/mol. The van der Waals surface area contributed by atoms with Crippen molar-refractivity contribution in [2.45, 2.75) is 24.8 Å². The van der Waals surface area contributed by atoms with Crippen molar-refractivity contribution in [2.75, 3.05) is 19.4 Å². The summed E-state index contributed by atoms with van der Waals surface area (Å²) in [7, 11) is 1.58. The molecule has 3 rings (SSSR count). The molecule has 1 aliphatic rings. The number of benzene rings is 1. The second-order valence-corrected chi connectivity index (χ2v) is 7.10. The molecule has 2 heterocycles. The highest BCUT2D eigenvalue weighted by Crippen LogP contribution is 2.42. The van der Waals surface area contributed by atoms with Crippen molar-refractivity contribution in [1.29, 1.82) is 0 Å². The van der Waals surface area contributed by atoms with Gasteiger partial charge in [-0.1, -0.05) is 6.92 Å². The van der Waals surface area contributed by atoms with Gasteiger partial charge in [-0.05, 0) is 36.8 Å². The molecule has 26 heavy (non-hydrogen) atoms.